The average molecular weight is 631 g/mol. The molecule has 0 spiro atoms. The van der Waals surface area contributed by atoms with Gasteiger partial charge in [-0.15, -0.1) is 45.3 Å². The Balaban J connectivity index is 1.54. The molecule has 0 saturated carbocycles. The third-order valence-electron chi connectivity index (χ3n) is 5.81. The molecule has 0 nitrogen and oxygen atoms in total. The molecule has 0 unspecified atom stereocenters. The Morgan fingerprint density at radius 3 is 1.41 bits per heavy atom. The van der Waals surface area contributed by atoms with Crippen LogP contribution in [0.15, 0.2) is 31.8 Å². The first-order valence-corrected chi connectivity index (χ1v) is 16.5. The van der Waals surface area contributed by atoms with Crippen LogP contribution in [0, 0.1) is 0 Å². The van der Waals surface area contributed by atoms with Gasteiger partial charge in [0.05, 0.1) is 7.57 Å². The maximum atomic E-state index is 3.74. The molecule has 4 aromatic heterocycles. The highest BCUT2D eigenvalue weighted by Gasteiger charge is 2.17. The Morgan fingerprint density at radius 2 is 1.00 bits per heavy atom. The fourth-order valence-corrected chi connectivity index (χ4v) is 10.2. The van der Waals surface area contributed by atoms with E-state index in [4.69, 9.17) is 0 Å². The van der Waals surface area contributed by atoms with E-state index >= 15 is 0 Å². The number of halogens is 2. The Bertz CT molecular complexity index is 1030. The van der Waals surface area contributed by atoms with Crippen LogP contribution in [0.1, 0.15) is 76.3 Å². The molecule has 0 aliphatic heterocycles. The molecule has 0 bridgehead atoms. The molecule has 4 rings (SSSR count). The van der Waals surface area contributed by atoms with Gasteiger partial charge in [-0.3, -0.25) is 0 Å². The summed E-state index contributed by atoms with van der Waals surface area (Å²) in [6.45, 7) is 4.56. The molecule has 0 aliphatic carbocycles. The van der Waals surface area contributed by atoms with Gasteiger partial charge in [-0.05, 0) is 92.9 Å². The van der Waals surface area contributed by atoms with E-state index in [2.05, 4.69) is 70.0 Å². The first kappa shape index (κ1) is 25.1. The second kappa shape index (κ2) is 12.1. The average Bonchev–Trinajstić information content (AvgIpc) is 3.50. The Labute approximate surface area is 225 Å². The van der Waals surface area contributed by atoms with Crippen LogP contribution in [0.4, 0.5) is 0 Å². The van der Waals surface area contributed by atoms with Crippen molar-refractivity contribution in [1.82, 2.24) is 0 Å². The van der Waals surface area contributed by atoms with Gasteiger partial charge in [-0.1, -0.05) is 52.4 Å². The Morgan fingerprint density at radius 1 is 0.562 bits per heavy atom. The molecular weight excluding hydrogens is 600 g/mol. The predicted octanol–water partition coefficient (Wildman–Crippen LogP) is 12.2. The minimum absolute atomic E-state index is 1.19. The Kier molecular flexibility index (Phi) is 9.52. The summed E-state index contributed by atoms with van der Waals surface area (Å²) in [5.41, 5.74) is 3.03. The maximum Gasteiger partial charge on any atom is 0.0708 e. The molecule has 0 radical (unpaired) electrons. The Hall–Kier alpha value is 0.0200. The van der Waals surface area contributed by atoms with E-state index in [0.29, 0.717) is 0 Å². The van der Waals surface area contributed by atoms with Crippen molar-refractivity contribution in [3.8, 4) is 19.5 Å². The molecule has 0 amide bonds. The van der Waals surface area contributed by atoms with Crippen LogP contribution in [0.25, 0.3) is 28.9 Å². The molecule has 6 heteroatoms. The second-order valence-corrected chi connectivity index (χ2v) is 15.4. The van der Waals surface area contributed by atoms with Gasteiger partial charge in [-0.25, -0.2) is 0 Å². The van der Waals surface area contributed by atoms with Crippen molar-refractivity contribution in [1.29, 1.82) is 0 Å². The minimum atomic E-state index is 1.19. The fraction of sp³-hybridized carbons (Fsp3) is 0.462. The number of thiophene rings is 4. The minimum Gasteiger partial charge on any atom is -0.133 e. The molecule has 4 heterocycles. The summed E-state index contributed by atoms with van der Waals surface area (Å²) in [6.07, 6.45) is 12.9. The van der Waals surface area contributed by atoms with Gasteiger partial charge in [-0.2, -0.15) is 0 Å². The van der Waals surface area contributed by atoms with Crippen LogP contribution < -0.4 is 0 Å². The zero-order chi connectivity index (χ0) is 22.5. The van der Waals surface area contributed by atoms with Gasteiger partial charge < -0.3 is 0 Å². The lowest BCUT2D eigenvalue weighted by Crippen LogP contribution is -1.85. The van der Waals surface area contributed by atoms with Crippen molar-refractivity contribution in [2.75, 3.05) is 0 Å². The van der Waals surface area contributed by atoms with Gasteiger partial charge in [0.1, 0.15) is 0 Å². The maximum absolute atomic E-state index is 3.74. The molecule has 0 aliphatic rings. The highest BCUT2D eigenvalue weighted by Crippen LogP contribution is 2.48. The van der Waals surface area contributed by atoms with Crippen molar-refractivity contribution in [2.24, 2.45) is 0 Å². The van der Waals surface area contributed by atoms with Crippen molar-refractivity contribution < 1.29 is 0 Å². The summed E-state index contributed by atoms with van der Waals surface area (Å²) in [5, 5.41) is 0. The summed E-state index contributed by atoms with van der Waals surface area (Å²) in [6, 6.07) is 9.56. The van der Waals surface area contributed by atoms with E-state index in [1.165, 1.54) is 112 Å². The van der Waals surface area contributed by atoms with E-state index in [0.717, 1.165) is 0 Å². The fourth-order valence-electron chi connectivity index (χ4n) is 4.12. The van der Waals surface area contributed by atoms with Gasteiger partial charge >= 0.3 is 0 Å². The van der Waals surface area contributed by atoms with Crippen molar-refractivity contribution >= 4 is 86.6 Å². The smallest absolute Gasteiger partial charge is 0.0708 e. The number of hydrogen-bond donors (Lipinski definition) is 0. The molecule has 0 aromatic carbocycles. The summed E-state index contributed by atoms with van der Waals surface area (Å²) in [5.74, 6) is 0. The van der Waals surface area contributed by atoms with Crippen molar-refractivity contribution in [2.45, 2.75) is 78.1 Å². The summed E-state index contributed by atoms with van der Waals surface area (Å²) in [7, 11) is 0. The molecule has 0 atom stereocenters. The molecule has 172 valence electrons. The molecule has 32 heavy (non-hydrogen) atoms. The molecule has 0 N–H and O–H groups in total. The van der Waals surface area contributed by atoms with E-state index in [9.17, 15) is 0 Å². The second-order valence-electron chi connectivity index (χ2n) is 8.38. The van der Waals surface area contributed by atoms with Crippen molar-refractivity contribution in [3.63, 3.8) is 0 Å². The number of aryl methyl sites for hydroxylation is 2. The first-order chi connectivity index (χ1) is 15.6. The first-order valence-electron chi connectivity index (χ1n) is 11.7. The number of fused-ring (bicyclic) bond motifs is 1. The number of unbranched alkanes of at least 4 members (excludes halogenated alkanes) is 6. The topological polar surface area (TPSA) is 0 Å². The number of rotatable bonds is 12. The van der Waals surface area contributed by atoms with Crippen LogP contribution in [0.3, 0.4) is 0 Å². The van der Waals surface area contributed by atoms with Gasteiger partial charge in [0.2, 0.25) is 0 Å². The quantitative estimate of drug-likeness (QED) is 0.137. The number of hydrogen-bond acceptors (Lipinski definition) is 4. The van der Waals surface area contributed by atoms with Gasteiger partial charge in [0.15, 0.2) is 0 Å². The predicted molar refractivity (Wildman–Crippen MR) is 157 cm³/mol. The van der Waals surface area contributed by atoms with Crippen LogP contribution in [0.2, 0.25) is 0 Å². The lowest BCUT2D eigenvalue weighted by atomic mass is 10.1. The van der Waals surface area contributed by atoms with Gasteiger partial charge in [0.25, 0.3) is 0 Å². The van der Waals surface area contributed by atoms with Crippen LogP contribution >= 0.6 is 77.2 Å². The van der Waals surface area contributed by atoms with Crippen LogP contribution in [0.5, 0.6) is 0 Å². The molecule has 0 saturated heterocycles. The highest BCUT2D eigenvalue weighted by molar-refractivity contribution is 9.11. The van der Waals surface area contributed by atoms with Crippen LogP contribution in [-0.2, 0) is 12.8 Å². The molecule has 0 fully saturated rings. The highest BCUT2D eigenvalue weighted by atomic mass is 79.9. The SMILES string of the molecule is CCCCCCc1cc(Br)sc1-c1cc2sc(-c3sc(Br)cc3CCCCCC)cc2s1. The third-order valence-corrected chi connectivity index (χ3v) is 11.8. The summed E-state index contributed by atoms with van der Waals surface area (Å²) < 4.78 is 5.38. The van der Waals surface area contributed by atoms with E-state index in [1.807, 2.05) is 45.3 Å². The van der Waals surface area contributed by atoms with Crippen LogP contribution in [-0.4, -0.2) is 0 Å². The lowest BCUT2D eigenvalue weighted by Gasteiger charge is -2.02. The monoisotopic (exact) mass is 628 g/mol. The zero-order valence-electron chi connectivity index (χ0n) is 18.8. The normalized spacial score (nSPS) is 11.8. The molecular formula is C26H30Br2S4. The standard InChI is InChI=1S/C26H30Br2S4/c1-3-5-7-9-11-17-13-23(27)31-25(17)21-15-19-20(29-21)16-22(30-19)26-18(14-24(28)32-26)12-10-8-6-4-2/h13-16H,3-12H2,1-2H3. The van der Waals surface area contributed by atoms with Gasteiger partial charge in [0, 0.05) is 28.9 Å². The van der Waals surface area contributed by atoms with E-state index in [1.54, 1.807) is 0 Å². The zero-order valence-corrected chi connectivity index (χ0v) is 25.2. The van der Waals surface area contributed by atoms with Crippen molar-refractivity contribution in [3.05, 3.63) is 43.0 Å². The lowest BCUT2D eigenvalue weighted by molar-refractivity contribution is 0.668. The molecule has 4 aromatic rings. The summed E-state index contributed by atoms with van der Waals surface area (Å²) in [4.78, 5) is 5.81. The third kappa shape index (κ3) is 6.17. The van der Waals surface area contributed by atoms with E-state index < -0.39 is 0 Å². The largest absolute Gasteiger partial charge is 0.133 e. The van der Waals surface area contributed by atoms with E-state index in [-0.39, 0.29) is 0 Å². The summed E-state index contributed by atoms with van der Waals surface area (Å²) >= 11 is 15.2.